The van der Waals surface area contributed by atoms with Crippen molar-refractivity contribution in [2.24, 2.45) is 5.73 Å². The van der Waals surface area contributed by atoms with Crippen LogP contribution in [0, 0.1) is 6.92 Å². The highest BCUT2D eigenvalue weighted by molar-refractivity contribution is 6.34. The second kappa shape index (κ2) is 5.14. The van der Waals surface area contributed by atoms with Gasteiger partial charge in [-0.15, -0.1) is 0 Å². The van der Waals surface area contributed by atoms with Gasteiger partial charge in [-0.3, -0.25) is 0 Å². The van der Waals surface area contributed by atoms with E-state index in [2.05, 4.69) is 4.98 Å². The second-order valence-electron chi connectivity index (χ2n) is 4.11. The molecule has 0 aliphatic rings. The molecule has 0 aliphatic carbocycles. The third-order valence-corrected chi connectivity index (χ3v) is 3.23. The first kappa shape index (κ1) is 13.1. The van der Waals surface area contributed by atoms with Crippen LogP contribution in [0.1, 0.15) is 22.7 Å². The molecule has 0 amide bonds. The number of halogens is 2. The second-order valence-corrected chi connectivity index (χ2v) is 4.98. The fraction of sp³-hybridized carbons (Fsp3) is 0.154. The van der Waals surface area contributed by atoms with Gasteiger partial charge in [-0.1, -0.05) is 23.2 Å². The monoisotopic (exact) mass is 281 g/mol. The van der Waals surface area contributed by atoms with E-state index < -0.39 is 6.04 Å². The van der Waals surface area contributed by atoms with Crippen LogP contribution in [0.2, 0.25) is 10.0 Å². The third kappa shape index (κ3) is 2.58. The predicted octanol–water partition coefficient (Wildman–Crippen LogP) is 3.33. The molecule has 1 aromatic heterocycles. The van der Waals surface area contributed by atoms with Crippen molar-refractivity contribution in [1.29, 1.82) is 0 Å². The molecular formula is C13H13Cl2N3. The highest BCUT2D eigenvalue weighted by Gasteiger charge is 2.16. The van der Waals surface area contributed by atoms with Gasteiger partial charge in [-0.25, -0.2) is 4.98 Å². The summed E-state index contributed by atoms with van der Waals surface area (Å²) in [5.74, 6) is 0.429. The average Bonchev–Trinajstić information content (AvgIpc) is 2.27. The maximum absolute atomic E-state index is 6.22. The molecule has 3 nitrogen and oxygen atoms in total. The molecule has 0 saturated heterocycles. The molecule has 0 fully saturated rings. The molecule has 0 radical (unpaired) electrons. The van der Waals surface area contributed by atoms with Gasteiger partial charge in [0.15, 0.2) is 0 Å². The Balaban J connectivity index is 2.51. The molecule has 1 unspecified atom stereocenters. The molecule has 1 heterocycles. The van der Waals surface area contributed by atoms with Gasteiger partial charge >= 0.3 is 0 Å². The first-order chi connectivity index (χ1) is 8.49. The minimum atomic E-state index is -0.394. The molecule has 4 N–H and O–H groups in total. The Morgan fingerprint density at radius 1 is 1.17 bits per heavy atom. The van der Waals surface area contributed by atoms with Gasteiger partial charge < -0.3 is 11.5 Å². The minimum Gasteiger partial charge on any atom is -0.383 e. The van der Waals surface area contributed by atoms with E-state index in [-0.39, 0.29) is 0 Å². The van der Waals surface area contributed by atoms with Crippen molar-refractivity contribution in [3.63, 3.8) is 0 Å². The maximum Gasteiger partial charge on any atom is 0.128 e. The largest absolute Gasteiger partial charge is 0.383 e. The lowest BCUT2D eigenvalue weighted by atomic mass is 9.96. The SMILES string of the molecule is Cc1ccnc(N)c1C(N)c1cc(Cl)cc(Cl)c1. The van der Waals surface area contributed by atoms with E-state index >= 15 is 0 Å². The van der Waals surface area contributed by atoms with E-state index in [4.69, 9.17) is 34.7 Å². The summed E-state index contributed by atoms with van der Waals surface area (Å²) in [6.07, 6.45) is 1.66. The number of aromatic nitrogens is 1. The fourth-order valence-corrected chi connectivity index (χ4v) is 2.46. The normalized spacial score (nSPS) is 12.4. The number of nitrogen functional groups attached to an aromatic ring is 1. The van der Waals surface area contributed by atoms with E-state index in [1.54, 1.807) is 24.4 Å². The van der Waals surface area contributed by atoms with Crippen LogP contribution >= 0.6 is 23.2 Å². The summed E-state index contributed by atoms with van der Waals surface area (Å²) in [5, 5.41) is 1.10. The lowest BCUT2D eigenvalue weighted by Crippen LogP contribution is -2.16. The number of hydrogen-bond acceptors (Lipinski definition) is 3. The van der Waals surface area contributed by atoms with E-state index in [0.717, 1.165) is 16.7 Å². The Labute approximate surface area is 116 Å². The molecule has 1 atom stereocenters. The van der Waals surface area contributed by atoms with Crippen molar-refractivity contribution >= 4 is 29.0 Å². The molecule has 1 aromatic carbocycles. The molecule has 0 spiro atoms. The first-order valence-electron chi connectivity index (χ1n) is 5.41. The standard InChI is InChI=1S/C13H13Cl2N3/c1-7-2-3-18-13(17)11(7)12(16)8-4-9(14)6-10(15)5-8/h2-6,12H,16H2,1H3,(H2,17,18). The molecule has 2 rings (SSSR count). The molecule has 0 saturated carbocycles. The van der Waals surface area contributed by atoms with Crippen LogP contribution in [0.4, 0.5) is 5.82 Å². The molecule has 0 aliphatic heterocycles. The molecule has 18 heavy (non-hydrogen) atoms. The van der Waals surface area contributed by atoms with Gasteiger partial charge in [0.1, 0.15) is 5.82 Å². The average molecular weight is 282 g/mol. The number of pyridine rings is 1. The topological polar surface area (TPSA) is 64.9 Å². The van der Waals surface area contributed by atoms with Gasteiger partial charge in [0.2, 0.25) is 0 Å². The van der Waals surface area contributed by atoms with Gasteiger partial charge in [0.25, 0.3) is 0 Å². The summed E-state index contributed by atoms with van der Waals surface area (Å²) >= 11 is 11.9. The lowest BCUT2D eigenvalue weighted by molar-refractivity contribution is 0.857. The van der Waals surface area contributed by atoms with Crippen molar-refractivity contribution in [2.75, 3.05) is 5.73 Å². The van der Waals surface area contributed by atoms with Crippen LogP contribution in [-0.4, -0.2) is 4.98 Å². The number of anilines is 1. The van der Waals surface area contributed by atoms with E-state index in [9.17, 15) is 0 Å². The first-order valence-corrected chi connectivity index (χ1v) is 6.17. The Bertz CT molecular complexity index is 544. The van der Waals surface area contributed by atoms with Crippen molar-refractivity contribution in [3.8, 4) is 0 Å². The molecule has 5 heteroatoms. The highest BCUT2D eigenvalue weighted by atomic mass is 35.5. The quantitative estimate of drug-likeness (QED) is 0.888. The third-order valence-electron chi connectivity index (χ3n) is 2.79. The van der Waals surface area contributed by atoms with Gasteiger partial charge in [-0.05, 0) is 42.3 Å². The Morgan fingerprint density at radius 3 is 2.33 bits per heavy atom. The van der Waals surface area contributed by atoms with Crippen molar-refractivity contribution in [1.82, 2.24) is 4.98 Å². The zero-order valence-electron chi connectivity index (χ0n) is 9.82. The smallest absolute Gasteiger partial charge is 0.128 e. The van der Waals surface area contributed by atoms with Gasteiger partial charge in [-0.2, -0.15) is 0 Å². The maximum atomic E-state index is 6.22. The summed E-state index contributed by atoms with van der Waals surface area (Å²) in [6.45, 7) is 1.94. The summed E-state index contributed by atoms with van der Waals surface area (Å²) in [6, 6.07) is 6.71. The Kier molecular flexibility index (Phi) is 3.76. The summed E-state index contributed by atoms with van der Waals surface area (Å²) in [7, 11) is 0. The molecule has 0 bridgehead atoms. The molecule has 2 aromatic rings. The van der Waals surface area contributed by atoms with Crippen LogP contribution in [0.25, 0.3) is 0 Å². The van der Waals surface area contributed by atoms with Crippen molar-refractivity contribution in [2.45, 2.75) is 13.0 Å². The number of nitrogens with zero attached hydrogens (tertiary/aromatic N) is 1. The Morgan fingerprint density at radius 2 is 1.78 bits per heavy atom. The van der Waals surface area contributed by atoms with Crippen LogP contribution in [0.5, 0.6) is 0 Å². The van der Waals surface area contributed by atoms with Crippen LogP contribution in [0.3, 0.4) is 0 Å². The summed E-state index contributed by atoms with van der Waals surface area (Å²) < 4.78 is 0. The number of hydrogen-bond donors (Lipinski definition) is 2. The van der Waals surface area contributed by atoms with E-state index in [1.165, 1.54) is 0 Å². The molecule has 94 valence electrons. The number of rotatable bonds is 2. The number of aryl methyl sites for hydroxylation is 1. The number of benzene rings is 1. The highest BCUT2D eigenvalue weighted by Crippen LogP contribution is 2.29. The number of nitrogens with two attached hydrogens (primary N) is 2. The zero-order valence-corrected chi connectivity index (χ0v) is 11.3. The van der Waals surface area contributed by atoms with Crippen LogP contribution < -0.4 is 11.5 Å². The Hall–Kier alpha value is -1.29. The van der Waals surface area contributed by atoms with Gasteiger partial charge in [0.05, 0.1) is 6.04 Å². The van der Waals surface area contributed by atoms with Crippen LogP contribution in [0.15, 0.2) is 30.5 Å². The molecular weight excluding hydrogens is 269 g/mol. The minimum absolute atomic E-state index is 0.394. The van der Waals surface area contributed by atoms with Crippen LogP contribution in [-0.2, 0) is 0 Å². The van der Waals surface area contributed by atoms with Crippen molar-refractivity contribution in [3.05, 3.63) is 57.2 Å². The van der Waals surface area contributed by atoms with Gasteiger partial charge in [0, 0.05) is 21.8 Å². The lowest BCUT2D eigenvalue weighted by Gasteiger charge is -2.17. The van der Waals surface area contributed by atoms with E-state index in [0.29, 0.717) is 15.9 Å². The zero-order chi connectivity index (χ0) is 13.3. The summed E-state index contributed by atoms with van der Waals surface area (Å²) in [5.41, 5.74) is 14.7. The summed E-state index contributed by atoms with van der Waals surface area (Å²) in [4.78, 5) is 4.06. The fourth-order valence-electron chi connectivity index (χ4n) is 1.92. The predicted molar refractivity (Wildman–Crippen MR) is 75.9 cm³/mol. The van der Waals surface area contributed by atoms with Crippen molar-refractivity contribution < 1.29 is 0 Å². The van der Waals surface area contributed by atoms with E-state index in [1.807, 2.05) is 13.0 Å².